The van der Waals surface area contributed by atoms with Gasteiger partial charge in [-0.05, 0) is 24.5 Å². The van der Waals surface area contributed by atoms with Gasteiger partial charge in [-0.25, -0.2) is 4.79 Å². The molecule has 0 fully saturated rings. The zero-order chi connectivity index (χ0) is 13.4. The summed E-state index contributed by atoms with van der Waals surface area (Å²) in [4.78, 5) is 11.3. The van der Waals surface area contributed by atoms with Gasteiger partial charge in [0.1, 0.15) is 0 Å². The van der Waals surface area contributed by atoms with Gasteiger partial charge in [0.15, 0.2) is 0 Å². The SMILES string of the molecule is C=C(CNCc1ccccc1CC)C(=O)OCC. The molecule has 0 atom stereocenters. The van der Waals surface area contributed by atoms with Crippen molar-refractivity contribution in [2.75, 3.05) is 13.2 Å². The zero-order valence-corrected chi connectivity index (χ0v) is 11.2. The normalized spacial score (nSPS) is 10.1. The van der Waals surface area contributed by atoms with Crippen LogP contribution in [0.3, 0.4) is 0 Å². The fourth-order valence-electron chi connectivity index (χ4n) is 1.73. The first-order chi connectivity index (χ1) is 8.69. The summed E-state index contributed by atoms with van der Waals surface area (Å²) in [5.74, 6) is -0.325. The van der Waals surface area contributed by atoms with Crippen LogP contribution in [-0.2, 0) is 22.5 Å². The number of hydrogen-bond acceptors (Lipinski definition) is 3. The average Bonchev–Trinajstić information content (AvgIpc) is 2.39. The van der Waals surface area contributed by atoms with Crippen LogP contribution in [0.2, 0.25) is 0 Å². The summed E-state index contributed by atoms with van der Waals surface area (Å²) in [5, 5.41) is 3.22. The van der Waals surface area contributed by atoms with Gasteiger partial charge in [-0.1, -0.05) is 37.8 Å². The quantitative estimate of drug-likeness (QED) is 0.594. The van der Waals surface area contributed by atoms with E-state index in [-0.39, 0.29) is 5.97 Å². The van der Waals surface area contributed by atoms with Crippen molar-refractivity contribution >= 4 is 5.97 Å². The fraction of sp³-hybridized carbons (Fsp3) is 0.400. The third kappa shape index (κ3) is 4.34. The molecule has 3 heteroatoms. The van der Waals surface area contributed by atoms with Crippen LogP contribution in [0.1, 0.15) is 25.0 Å². The molecule has 0 amide bonds. The van der Waals surface area contributed by atoms with Gasteiger partial charge in [-0.15, -0.1) is 0 Å². The van der Waals surface area contributed by atoms with Gasteiger partial charge in [-0.3, -0.25) is 0 Å². The molecule has 0 radical (unpaired) electrons. The van der Waals surface area contributed by atoms with Gasteiger partial charge in [0, 0.05) is 18.7 Å². The molecule has 0 aliphatic rings. The van der Waals surface area contributed by atoms with Crippen LogP contribution in [0.5, 0.6) is 0 Å². The molecule has 0 aliphatic carbocycles. The molecule has 0 aliphatic heterocycles. The molecular weight excluding hydrogens is 226 g/mol. The summed E-state index contributed by atoms with van der Waals surface area (Å²) < 4.78 is 4.87. The van der Waals surface area contributed by atoms with E-state index in [4.69, 9.17) is 4.74 Å². The monoisotopic (exact) mass is 247 g/mol. The Morgan fingerprint density at radius 2 is 1.94 bits per heavy atom. The number of esters is 1. The highest BCUT2D eigenvalue weighted by molar-refractivity contribution is 5.88. The maximum Gasteiger partial charge on any atom is 0.334 e. The Bertz CT molecular complexity index is 413. The number of hydrogen-bond donors (Lipinski definition) is 1. The predicted octanol–water partition coefficient (Wildman–Crippen LogP) is 2.46. The van der Waals surface area contributed by atoms with Crippen LogP contribution in [0.25, 0.3) is 0 Å². The number of nitrogens with one attached hydrogen (secondary N) is 1. The molecule has 1 rings (SSSR count). The molecule has 3 nitrogen and oxygen atoms in total. The van der Waals surface area contributed by atoms with Crippen LogP contribution in [0.4, 0.5) is 0 Å². The summed E-state index contributed by atoms with van der Waals surface area (Å²) in [6.07, 6.45) is 1.01. The molecular formula is C15H21NO2. The van der Waals surface area contributed by atoms with Crippen molar-refractivity contribution in [2.45, 2.75) is 26.8 Å². The molecule has 0 unspecified atom stereocenters. The number of rotatable bonds is 7. The maximum absolute atomic E-state index is 11.3. The second-order valence-corrected chi connectivity index (χ2v) is 4.05. The smallest absolute Gasteiger partial charge is 0.334 e. The maximum atomic E-state index is 11.3. The van der Waals surface area contributed by atoms with E-state index in [9.17, 15) is 4.79 Å². The molecule has 98 valence electrons. The minimum atomic E-state index is -0.325. The van der Waals surface area contributed by atoms with Crippen molar-refractivity contribution in [1.29, 1.82) is 0 Å². The first-order valence-electron chi connectivity index (χ1n) is 6.31. The molecule has 0 saturated heterocycles. The van der Waals surface area contributed by atoms with Crippen molar-refractivity contribution < 1.29 is 9.53 Å². The fourth-order valence-corrected chi connectivity index (χ4v) is 1.73. The van der Waals surface area contributed by atoms with Gasteiger partial charge < -0.3 is 10.1 Å². The van der Waals surface area contributed by atoms with Crippen LogP contribution in [0, 0.1) is 0 Å². The third-order valence-electron chi connectivity index (χ3n) is 2.72. The first kappa shape index (κ1) is 14.5. The minimum Gasteiger partial charge on any atom is -0.463 e. The molecule has 0 bridgehead atoms. The zero-order valence-electron chi connectivity index (χ0n) is 11.2. The van der Waals surface area contributed by atoms with E-state index in [1.54, 1.807) is 6.92 Å². The van der Waals surface area contributed by atoms with Gasteiger partial charge in [-0.2, -0.15) is 0 Å². The second kappa shape index (κ2) is 7.67. The minimum absolute atomic E-state index is 0.325. The van der Waals surface area contributed by atoms with Gasteiger partial charge in [0.2, 0.25) is 0 Å². The van der Waals surface area contributed by atoms with Crippen molar-refractivity contribution in [3.63, 3.8) is 0 Å². The largest absolute Gasteiger partial charge is 0.463 e. The van der Waals surface area contributed by atoms with E-state index in [1.807, 2.05) is 12.1 Å². The molecule has 1 N–H and O–H groups in total. The lowest BCUT2D eigenvalue weighted by molar-refractivity contribution is -0.138. The van der Waals surface area contributed by atoms with E-state index < -0.39 is 0 Å². The Hall–Kier alpha value is -1.61. The first-order valence-corrected chi connectivity index (χ1v) is 6.31. The standard InChI is InChI=1S/C15H21NO2/c1-4-13-8-6-7-9-14(13)11-16-10-12(3)15(17)18-5-2/h6-9,16H,3-5,10-11H2,1-2H3. The van der Waals surface area contributed by atoms with Crippen molar-refractivity contribution in [3.8, 4) is 0 Å². The average molecular weight is 247 g/mol. The molecule has 0 aromatic heterocycles. The molecule has 0 saturated carbocycles. The lowest BCUT2D eigenvalue weighted by Gasteiger charge is -2.10. The molecule has 18 heavy (non-hydrogen) atoms. The molecule has 0 spiro atoms. The number of aryl methyl sites for hydroxylation is 1. The third-order valence-corrected chi connectivity index (χ3v) is 2.72. The van der Waals surface area contributed by atoms with E-state index in [1.165, 1.54) is 11.1 Å². The Labute approximate surface area is 109 Å². The van der Waals surface area contributed by atoms with Gasteiger partial charge >= 0.3 is 5.97 Å². The highest BCUT2D eigenvalue weighted by Crippen LogP contribution is 2.09. The van der Waals surface area contributed by atoms with Crippen molar-refractivity contribution in [3.05, 3.63) is 47.5 Å². The number of carbonyl (C=O) groups is 1. The van der Waals surface area contributed by atoms with E-state index in [0.29, 0.717) is 18.7 Å². The number of carbonyl (C=O) groups excluding carboxylic acids is 1. The van der Waals surface area contributed by atoms with Crippen molar-refractivity contribution in [2.24, 2.45) is 0 Å². The highest BCUT2D eigenvalue weighted by Gasteiger charge is 2.07. The van der Waals surface area contributed by atoms with Crippen molar-refractivity contribution in [1.82, 2.24) is 5.32 Å². The molecule has 1 aromatic rings. The van der Waals surface area contributed by atoms with Crippen LogP contribution in [0.15, 0.2) is 36.4 Å². The molecule has 0 heterocycles. The topological polar surface area (TPSA) is 38.3 Å². The summed E-state index contributed by atoms with van der Waals surface area (Å²) in [7, 11) is 0. The van der Waals surface area contributed by atoms with Crippen LogP contribution < -0.4 is 5.32 Å². The number of benzene rings is 1. The highest BCUT2D eigenvalue weighted by atomic mass is 16.5. The summed E-state index contributed by atoms with van der Waals surface area (Å²) in [5.41, 5.74) is 3.05. The van der Waals surface area contributed by atoms with Gasteiger partial charge in [0.05, 0.1) is 6.61 Å². The second-order valence-electron chi connectivity index (χ2n) is 4.05. The Morgan fingerprint density at radius 3 is 2.56 bits per heavy atom. The van der Waals surface area contributed by atoms with E-state index >= 15 is 0 Å². The predicted molar refractivity (Wildman–Crippen MR) is 73.3 cm³/mol. The summed E-state index contributed by atoms with van der Waals surface area (Å²) in [6, 6.07) is 8.28. The Morgan fingerprint density at radius 1 is 1.28 bits per heavy atom. The summed E-state index contributed by atoms with van der Waals surface area (Å²) in [6.45, 7) is 9.21. The van der Waals surface area contributed by atoms with Crippen LogP contribution >= 0.6 is 0 Å². The Kier molecular flexibility index (Phi) is 6.15. The Balaban J connectivity index is 2.42. The van der Waals surface area contributed by atoms with Crippen LogP contribution in [-0.4, -0.2) is 19.1 Å². The van der Waals surface area contributed by atoms with E-state index in [0.717, 1.165) is 13.0 Å². The lowest BCUT2D eigenvalue weighted by atomic mass is 10.1. The molecule has 1 aromatic carbocycles. The van der Waals surface area contributed by atoms with E-state index in [2.05, 4.69) is 31.0 Å². The summed E-state index contributed by atoms with van der Waals surface area (Å²) >= 11 is 0. The van der Waals surface area contributed by atoms with Gasteiger partial charge in [0.25, 0.3) is 0 Å². The number of ether oxygens (including phenoxy) is 1. The lowest BCUT2D eigenvalue weighted by Crippen LogP contribution is -2.22.